The Balaban J connectivity index is 0.000000357. The smallest absolute Gasteiger partial charge is 0.213 e. The highest BCUT2D eigenvalue weighted by molar-refractivity contribution is 5.92. The molecule has 0 saturated heterocycles. The summed E-state index contributed by atoms with van der Waals surface area (Å²) in [5, 5.41) is 41.6. The van der Waals surface area contributed by atoms with Crippen LogP contribution in [0.1, 0.15) is 280 Å². The van der Waals surface area contributed by atoms with Crippen LogP contribution < -0.4 is 56.8 Å². The van der Waals surface area contributed by atoms with Crippen LogP contribution in [-0.2, 0) is 14.2 Å². The van der Waals surface area contributed by atoms with Gasteiger partial charge in [-0.2, -0.15) is 10.5 Å². The van der Waals surface area contributed by atoms with Gasteiger partial charge in [-0.05, 0) is 231 Å². The highest BCUT2D eigenvalue weighted by atomic mass is 16.5. The maximum Gasteiger partial charge on any atom is 0.213 e. The molecule has 0 aliphatic rings. The van der Waals surface area contributed by atoms with Gasteiger partial charge in [0.15, 0.2) is 5.69 Å². The lowest BCUT2D eigenvalue weighted by Gasteiger charge is -2.14. The van der Waals surface area contributed by atoms with E-state index >= 15 is 0 Å². The first-order valence-electron chi connectivity index (χ1n) is 47.8. The highest BCUT2D eigenvalue weighted by Crippen LogP contribution is 2.32. The van der Waals surface area contributed by atoms with Gasteiger partial charge in [0.05, 0.1) is 129 Å². The Labute approximate surface area is 770 Å². The van der Waals surface area contributed by atoms with Crippen molar-refractivity contribution < 1.29 is 71.1 Å². The third kappa shape index (κ3) is 48.3. The van der Waals surface area contributed by atoms with E-state index < -0.39 is 0 Å². The molecule has 0 aromatic heterocycles. The molecule has 3 N–H and O–H groups in total. The van der Waals surface area contributed by atoms with Crippen LogP contribution in [0.15, 0.2) is 182 Å². The predicted molar refractivity (Wildman–Crippen MR) is 515 cm³/mol. The quantitative estimate of drug-likeness (QED) is 0.0138. The molecular weight excluding hydrogens is 1620 g/mol. The van der Waals surface area contributed by atoms with E-state index in [9.17, 15) is 0 Å². The number of ether oxygens (including phenoxy) is 15. The molecule has 696 valence electrons. The summed E-state index contributed by atoms with van der Waals surface area (Å²) in [5.74, 6) is 10.2. The van der Waals surface area contributed by atoms with Gasteiger partial charge < -0.3 is 71.1 Å². The molecular formula is C108H144N6O15. The fourth-order valence-corrected chi connectivity index (χ4v) is 14.0. The Bertz CT molecular complexity index is 3950. The summed E-state index contributed by atoms with van der Waals surface area (Å²) in [5.41, 5.74) is 4.19. The van der Waals surface area contributed by atoms with Gasteiger partial charge in [-0.25, -0.2) is 4.85 Å². The molecule has 0 heterocycles. The van der Waals surface area contributed by atoms with Crippen LogP contribution in [0.3, 0.4) is 0 Å². The second-order valence-corrected chi connectivity index (χ2v) is 31.9. The van der Waals surface area contributed by atoms with Crippen molar-refractivity contribution in [3.63, 3.8) is 0 Å². The largest absolute Gasteiger partial charge is 0.494 e. The van der Waals surface area contributed by atoms with E-state index in [-0.39, 0.29) is 17.7 Å². The number of hydrogen-bond acceptors (Lipinski definition) is 20. The Hall–Kier alpha value is -11.8. The molecule has 8 aromatic rings. The van der Waals surface area contributed by atoms with Gasteiger partial charge >= 0.3 is 0 Å². The Morgan fingerprint density at radius 2 is 0.372 bits per heavy atom. The van der Waals surface area contributed by atoms with E-state index in [0.29, 0.717) is 116 Å². The van der Waals surface area contributed by atoms with E-state index in [4.69, 9.17) is 104 Å². The fourth-order valence-electron chi connectivity index (χ4n) is 14.0. The summed E-state index contributed by atoms with van der Waals surface area (Å²) in [7, 11) is 0. The van der Waals surface area contributed by atoms with E-state index in [0.717, 1.165) is 291 Å². The van der Waals surface area contributed by atoms with Gasteiger partial charge in [-0.15, -0.1) is 0 Å². The van der Waals surface area contributed by atoms with Crippen LogP contribution in [0.2, 0.25) is 0 Å². The van der Waals surface area contributed by atoms with Crippen LogP contribution >= 0.6 is 0 Å². The molecule has 0 bridgehead atoms. The molecule has 0 amide bonds. The first kappa shape index (κ1) is 104. The number of unbranched alkanes of at least 4 members (excludes halogenated alkanes) is 30. The lowest BCUT2D eigenvalue weighted by atomic mass is 10.1. The monoisotopic (exact) mass is 1770 g/mol. The fraction of sp³-hybridized carbons (Fsp3) is 0.500. The first-order chi connectivity index (χ1) is 63.5. The average molecular weight is 1770 g/mol. The van der Waals surface area contributed by atoms with Crippen LogP contribution in [0.5, 0.6) is 69.0 Å². The zero-order valence-corrected chi connectivity index (χ0v) is 77.3. The third-order valence-corrected chi connectivity index (χ3v) is 21.3. The number of nitrogens with zero attached hydrogens (tertiary/aromatic N) is 3. The highest BCUT2D eigenvalue weighted by Gasteiger charge is 2.13. The molecule has 21 heteroatoms. The minimum atomic E-state index is 0.187. The zero-order chi connectivity index (χ0) is 91.1. The number of hydrogen-bond donors (Lipinski definition) is 3. The molecule has 0 radical (unpaired) electrons. The van der Waals surface area contributed by atoms with Crippen molar-refractivity contribution in [2.45, 2.75) is 252 Å². The van der Waals surface area contributed by atoms with E-state index in [1.54, 1.807) is 36.4 Å². The standard InChI is InChI=1S/C57H81N3O9.C51H63N3O6/c1-4-61-55(58)46-25-31-49(32-26-46)64-37-19-13-7-10-16-22-40-67-52-43-53(68-41-23-17-11-8-14-20-38-65-50-33-27-47(28-34-50)56(59)62-5-2)45-54(44-52)69-42-24-18-12-9-15-21-39-66-51-35-29-48(30-36-51)57(60)63-6-3;1-54-45-24-30-48(31-25-45)57-34-16-10-4-7-13-19-37-60-51-39-49(58-35-17-11-5-2-8-14-32-55-46-26-20-43(41-52)21-27-46)38-50(40-51)59-36-18-12-6-3-9-15-33-56-47-28-22-44(42-53)23-29-47/h25-36,43-45,58-60H,4-24,37-42H2,1-3H3;20-31,38-40H,2-19,32-37H2. The van der Waals surface area contributed by atoms with Gasteiger partial charge in [0.1, 0.15) is 69.0 Å². The normalized spacial score (nSPS) is 10.7. The molecule has 0 aliphatic carbocycles. The van der Waals surface area contributed by atoms with Crippen molar-refractivity contribution in [3.8, 4) is 81.1 Å². The third-order valence-electron chi connectivity index (χ3n) is 21.3. The van der Waals surface area contributed by atoms with Gasteiger partial charge in [-0.3, -0.25) is 16.2 Å². The summed E-state index contributed by atoms with van der Waals surface area (Å²) in [4.78, 5) is 3.42. The SMILES string of the molecule is CCOC(=N)c1ccc(OCCCCCCCCOc2cc(OCCCCCCCCOc3ccc(C(=N)OCC)cc3)cc(OCCCCCCCCOc3ccc(C(=N)OCC)cc3)c2)cc1.[C-]#[N+]c1ccc(OCCCCCCCCOc2cc(OCCCCCCCCOc3ccc(C#N)cc3)cc(OCCCCCCCCOc3ccc(C#N)cc3)c2)cc1. The van der Waals surface area contributed by atoms with Crippen molar-refractivity contribution in [3.05, 3.63) is 221 Å². The Kier molecular flexibility index (Phi) is 55.3. The lowest BCUT2D eigenvalue weighted by molar-refractivity contribution is 0.274. The summed E-state index contributed by atoms with van der Waals surface area (Å²) < 4.78 is 88.3. The van der Waals surface area contributed by atoms with Crippen LogP contribution in [0.4, 0.5) is 5.69 Å². The molecule has 8 rings (SSSR count). The molecule has 0 spiro atoms. The minimum absolute atomic E-state index is 0.187. The maximum absolute atomic E-state index is 8.94. The average Bonchev–Trinajstić information content (AvgIpc) is 0.893. The van der Waals surface area contributed by atoms with Crippen molar-refractivity contribution in [1.29, 1.82) is 26.8 Å². The van der Waals surface area contributed by atoms with Gasteiger partial charge in [0.2, 0.25) is 17.7 Å². The predicted octanol–water partition coefficient (Wildman–Crippen LogP) is 27.5. The van der Waals surface area contributed by atoms with Gasteiger partial charge in [0, 0.05) is 53.1 Å². The van der Waals surface area contributed by atoms with Crippen LogP contribution in [0, 0.1) is 45.5 Å². The van der Waals surface area contributed by atoms with E-state index in [1.165, 1.54) is 25.7 Å². The van der Waals surface area contributed by atoms with E-state index in [2.05, 4.69) is 17.0 Å². The second kappa shape index (κ2) is 68.4. The molecule has 8 aromatic carbocycles. The summed E-state index contributed by atoms with van der Waals surface area (Å²) in [6, 6.07) is 60.6. The molecule has 21 nitrogen and oxygen atoms in total. The molecule has 0 aliphatic heterocycles. The molecule has 129 heavy (non-hydrogen) atoms. The summed E-state index contributed by atoms with van der Waals surface area (Å²) in [6.07, 6.45) is 39.4. The Morgan fingerprint density at radius 1 is 0.225 bits per heavy atom. The minimum Gasteiger partial charge on any atom is -0.494 e. The summed E-state index contributed by atoms with van der Waals surface area (Å²) in [6.45, 7) is 22.2. The summed E-state index contributed by atoms with van der Waals surface area (Å²) >= 11 is 0. The molecule has 0 saturated carbocycles. The first-order valence-corrected chi connectivity index (χ1v) is 47.8. The number of nitrogens with one attached hydrogen (secondary N) is 3. The lowest BCUT2D eigenvalue weighted by Crippen LogP contribution is -2.04. The number of rotatable bonds is 72. The van der Waals surface area contributed by atoms with Crippen LogP contribution in [-0.4, -0.2) is 117 Å². The maximum atomic E-state index is 8.94. The molecule has 0 atom stereocenters. The van der Waals surface area contributed by atoms with Crippen molar-refractivity contribution in [2.75, 3.05) is 99.1 Å². The molecule has 0 fully saturated rings. The van der Waals surface area contributed by atoms with E-state index in [1.807, 2.05) is 166 Å². The van der Waals surface area contributed by atoms with Gasteiger partial charge in [-0.1, -0.05) is 166 Å². The van der Waals surface area contributed by atoms with Gasteiger partial charge in [0.25, 0.3) is 0 Å². The van der Waals surface area contributed by atoms with Crippen LogP contribution in [0.25, 0.3) is 4.85 Å². The second-order valence-electron chi connectivity index (χ2n) is 31.9. The topological polar surface area (TPSA) is 262 Å². The number of benzene rings is 8. The van der Waals surface area contributed by atoms with Crippen molar-refractivity contribution >= 4 is 23.4 Å². The van der Waals surface area contributed by atoms with Crippen molar-refractivity contribution in [2.24, 2.45) is 0 Å². The Morgan fingerprint density at radius 3 is 0.527 bits per heavy atom. The number of nitriles is 2. The molecule has 0 unspecified atom stereocenters. The van der Waals surface area contributed by atoms with Crippen molar-refractivity contribution in [1.82, 2.24) is 0 Å². The zero-order valence-electron chi connectivity index (χ0n) is 77.3.